The van der Waals surface area contributed by atoms with Crippen LogP contribution in [0.15, 0.2) is 48.7 Å². The van der Waals surface area contributed by atoms with Gasteiger partial charge in [0.25, 0.3) is 0 Å². The van der Waals surface area contributed by atoms with Crippen molar-refractivity contribution in [3.05, 3.63) is 70.9 Å². The molecule has 1 heterocycles. The van der Waals surface area contributed by atoms with E-state index in [0.717, 1.165) is 0 Å². The minimum atomic E-state index is -1.05. The molecule has 2 atom stereocenters. The van der Waals surface area contributed by atoms with Gasteiger partial charge in [-0.15, -0.1) is 0 Å². The number of aliphatic hydroxyl groups is 1. The summed E-state index contributed by atoms with van der Waals surface area (Å²) in [7, 11) is 1.49. The van der Waals surface area contributed by atoms with Gasteiger partial charge in [0.1, 0.15) is 30.1 Å². The van der Waals surface area contributed by atoms with Crippen LogP contribution in [-0.4, -0.2) is 71.9 Å². The number of hydrogen-bond donors (Lipinski definition) is 5. The van der Waals surface area contributed by atoms with Crippen LogP contribution in [-0.2, 0) is 16.1 Å². The lowest BCUT2D eigenvalue weighted by Gasteiger charge is -2.28. The van der Waals surface area contributed by atoms with E-state index in [1.54, 1.807) is 12.1 Å². The monoisotopic (exact) mass is 592 g/mol. The summed E-state index contributed by atoms with van der Waals surface area (Å²) in [5.41, 5.74) is 5.87. The number of urea groups is 1. The number of carbonyl (C=O) groups excluding carboxylic acids is 3. The molecule has 0 saturated carbocycles. The highest BCUT2D eigenvalue weighted by molar-refractivity contribution is 6.31. The summed E-state index contributed by atoms with van der Waals surface area (Å²) in [6.45, 7) is -0.572. The topological polar surface area (TPSA) is 159 Å². The molecule has 11 nitrogen and oxygen atoms in total. The Morgan fingerprint density at radius 1 is 1.15 bits per heavy atom. The number of halogens is 3. The number of likely N-dealkylation sites (N-methyl/N-ethyl adjacent to an activating group) is 1. The number of nitrogens with two attached hydrogens (primary N) is 1. The first-order valence-corrected chi connectivity index (χ1v) is 13.0. The smallest absolute Gasteiger partial charge is 0.412 e. The van der Waals surface area contributed by atoms with Crippen molar-refractivity contribution in [3.8, 4) is 0 Å². The van der Waals surface area contributed by atoms with E-state index in [9.17, 15) is 23.2 Å². The van der Waals surface area contributed by atoms with Gasteiger partial charge in [-0.3, -0.25) is 10.1 Å². The zero-order valence-corrected chi connectivity index (χ0v) is 23.0. The van der Waals surface area contributed by atoms with E-state index in [1.807, 2.05) is 0 Å². The molecule has 3 aromatic rings. The molecule has 0 spiro atoms. The van der Waals surface area contributed by atoms with Gasteiger partial charge < -0.3 is 31.1 Å². The number of pyridine rings is 1. The zero-order chi connectivity index (χ0) is 29.9. The first-order valence-electron chi connectivity index (χ1n) is 12.7. The zero-order valence-electron chi connectivity index (χ0n) is 22.2. The number of hydrogen-bond acceptors (Lipinski definition) is 7. The van der Waals surface area contributed by atoms with Crippen molar-refractivity contribution in [1.82, 2.24) is 20.5 Å². The lowest BCUT2D eigenvalue weighted by Crippen LogP contribution is -2.46. The van der Waals surface area contributed by atoms with Gasteiger partial charge in [-0.2, -0.15) is 0 Å². The Bertz CT molecular complexity index is 1380. The van der Waals surface area contributed by atoms with E-state index in [2.05, 4.69) is 20.9 Å². The van der Waals surface area contributed by atoms with Crippen LogP contribution in [0.5, 0.6) is 0 Å². The second kappa shape index (κ2) is 15.1. The number of ether oxygens (including phenoxy) is 1. The van der Waals surface area contributed by atoms with Gasteiger partial charge in [0.2, 0.25) is 5.91 Å². The normalized spacial score (nSPS) is 12.3. The van der Waals surface area contributed by atoms with Crippen LogP contribution in [0.25, 0.3) is 10.8 Å². The van der Waals surface area contributed by atoms with Crippen molar-refractivity contribution in [2.75, 3.05) is 32.1 Å². The Labute approximate surface area is 240 Å². The van der Waals surface area contributed by atoms with Gasteiger partial charge in [0.05, 0.1) is 17.7 Å². The molecule has 220 valence electrons. The summed E-state index contributed by atoms with van der Waals surface area (Å²) in [6, 6.07) is 7.69. The SMILES string of the molecule is CN(C(=O)NCc1cccc(F)c1Cl)[C@@H](CCCNC(=O)[C@@H](N)CO)COC(=O)Nc1cc2cc(F)ccc2cn1. The van der Waals surface area contributed by atoms with Crippen LogP contribution in [0.1, 0.15) is 18.4 Å². The number of aromatic nitrogens is 1. The second-order valence-electron chi connectivity index (χ2n) is 9.14. The van der Waals surface area contributed by atoms with Gasteiger partial charge in [-0.25, -0.2) is 23.4 Å². The minimum Gasteiger partial charge on any atom is -0.447 e. The molecule has 0 radical (unpaired) electrons. The molecule has 14 heteroatoms. The average Bonchev–Trinajstić information content (AvgIpc) is 2.96. The van der Waals surface area contributed by atoms with Gasteiger partial charge in [-0.05, 0) is 54.1 Å². The van der Waals surface area contributed by atoms with Gasteiger partial charge in [0.15, 0.2) is 0 Å². The molecular formula is C27H31ClF2N6O5. The van der Waals surface area contributed by atoms with Crippen LogP contribution in [0.2, 0.25) is 5.02 Å². The Morgan fingerprint density at radius 2 is 1.93 bits per heavy atom. The van der Waals surface area contributed by atoms with Crippen LogP contribution in [0, 0.1) is 11.6 Å². The quantitative estimate of drug-likeness (QED) is 0.202. The number of benzene rings is 2. The summed E-state index contributed by atoms with van der Waals surface area (Å²) in [6.07, 6.45) is 1.32. The molecule has 6 N–H and O–H groups in total. The van der Waals surface area contributed by atoms with E-state index >= 15 is 0 Å². The number of rotatable bonds is 12. The predicted molar refractivity (Wildman–Crippen MR) is 149 cm³/mol. The van der Waals surface area contributed by atoms with E-state index in [1.165, 1.54) is 48.5 Å². The average molecular weight is 593 g/mol. The number of nitrogens with one attached hydrogen (secondary N) is 3. The highest BCUT2D eigenvalue weighted by Gasteiger charge is 2.22. The van der Waals surface area contributed by atoms with Crippen LogP contribution >= 0.6 is 11.6 Å². The Hall–Kier alpha value is -4.07. The Balaban J connectivity index is 1.61. The summed E-state index contributed by atoms with van der Waals surface area (Å²) in [4.78, 5) is 42.6. The molecule has 4 amide bonds. The Morgan fingerprint density at radius 3 is 2.68 bits per heavy atom. The third kappa shape index (κ3) is 9.23. The van der Waals surface area contributed by atoms with Crippen molar-refractivity contribution in [2.24, 2.45) is 5.73 Å². The molecule has 0 aliphatic heterocycles. The Kier molecular flexibility index (Phi) is 11.6. The minimum absolute atomic E-state index is 0.0445. The molecule has 0 saturated heterocycles. The molecule has 0 fully saturated rings. The molecular weight excluding hydrogens is 562 g/mol. The highest BCUT2D eigenvalue weighted by Crippen LogP contribution is 2.20. The van der Waals surface area contributed by atoms with Crippen LogP contribution < -0.4 is 21.7 Å². The first kappa shape index (κ1) is 31.5. The maximum absolute atomic E-state index is 13.7. The lowest BCUT2D eigenvalue weighted by molar-refractivity contribution is -0.123. The third-order valence-corrected chi connectivity index (χ3v) is 6.62. The van der Waals surface area contributed by atoms with Crippen molar-refractivity contribution in [3.63, 3.8) is 0 Å². The van der Waals surface area contributed by atoms with Gasteiger partial charge in [0, 0.05) is 31.7 Å². The fourth-order valence-electron chi connectivity index (χ4n) is 3.79. The van der Waals surface area contributed by atoms with E-state index in [0.29, 0.717) is 29.2 Å². The van der Waals surface area contributed by atoms with Crippen LogP contribution in [0.4, 0.5) is 24.2 Å². The maximum atomic E-state index is 13.7. The molecule has 0 bridgehead atoms. The lowest BCUT2D eigenvalue weighted by atomic mass is 10.1. The van der Waals surface area contributed by atoms with E-state index in [-0.39, 0.29) is 30.5 Å². The molecule has 41 heavy (non-hydrogen) atoms. The van der Waals surface area contributed by atoms with E-state index < -0.39 is 48.4 Å². The fraction of sp³-hybridized carbons (Fsp3) is 0.333. The van der Waals surface area contributed by atoms with Gasteiger partial charge >= 0.3 is 12.1 Å². The predicted octanol–water partition coefficient (Wildman–Crippen LogP) is 3.14. The molecule has 0 aliphatic rings. The molecule has 2 aromatic carbocycles. The molecule has 1 aromatic heterocycles. The number of aliphatic hydroxyl groups excluding tert-OH is 1. The standard InChI is InChI=1S/C27H31ClF2N6O5/c1-36(26(39)34-13-17-4-2-6-21(30)24(17)28)20(5-3-9-32-25(38)22(31)14-37)15-41-27(40)35-23-11-18-10-19(29)8-7-16(18)12-33-23/h2,4,6-8,10-12,20,22,37H,3,5,9,13-15,31H2,1H3,(H,32,38)(H,34,39)(H,33,35,40)/t20-,22-/m0/s1. The van der Waals surface area contributed by atoms with Gasteiger partial charge in [-0.1, -0.05) is 23.7 Å². The van der Waals surface area contributed by atoms with Crippen LogP contribution in [0.3, 0.4) is 0 Å². The number of amides is 4. The van der Waals surface area contributed by atoms with Crippen molar-refractivity contribution in [2.45, 2.75) is 31.5 Å². The molecule has 0 aliphatic carbocycles. The summed E-state index contributed by atoms with van der Waals surface area (Å²) >= 11 is 5.97. The number of fused-ring (bicyclic) bond motifs is 1. The maximum Gasteiger partial charge on any atom is 0.412 e. The number of nitrogens with zero attached hydrogens (tertiary/aromatic N) is 2. The largest absolute Gasteiger partial charge is 0.447 e. The van der Waals surface area contributed by atoms with Crippen molar-refractivity contribution < 1.29 is 33.0 Å². The van der Waals surface area contributed by atoms with Crippen molar-refractivity contribution in [1.29, 1.82) is 0 Å². The molecule has 3 rings (SSSR count). The summed E-state index contributed by atoms with van der Waals surface area (Å²) < 4.78 is 32.7. The summed E-state index contributed by atoms with van der Waals surface area (Å²) in [5, 5.41) is 17.8. The van der Waals surface area contributed by atoms with E-state index in [4.69, 9.17) is 27.2 Å². The second-order valence-corrected chi connectivity index (χ2v) is 9.52. The molecule has 0 unspecified atom stereocenters. The first-order chi connectivity index (χ1) is 19.6. The number of carbonyl (C=O) groups is 3. The summed E-state index contributed by atoms with van der Waals surface area (Å²) in [5.74, 6) is -1.43. The fourth-order valence-corrected chi connectivity index (χ4v) is 3.98. The van der Waals surface area contributed by atoms with Crippen molar-refractivity contribution >= 4 is 46.2 Å². The number of anilines is 1. The third-order valence-electron chi connectivity index (χ3n) is 6.20. The highest BCUT2D eigenvalue weighted by atomic mass is 35.5.